The Labute approximate surface area is 63.0 Å². The van der Waals surface area contributed by atoms with Crippen LogP contribution in [0.1, 0.15) is 20.3 Å². The van der Waals surface area contributed by atoms with Crippen LogP contribution >= 0.6 is 0 Å². The van der Waals surface area contributed by atoms with Crippen LogP contribution in [0.25, 0.3) is 0 Å². The first kappa shape index (κ1) is 8.02. The minimum absolute atomic E-state index is 0.484. The average Bonchev–Trinajstić information content (AvgIpc) is 2.34. The molecule has 2 nitrogen and oxygen atoms in total. The number of nitrogens with one attached hydrogen (secondary N) is 1. The van der Waals surface area contributed by atoms with E-state index in [9.17, 15) is 0 Å². The summed E-state index contributed by atoms with van der Waals surface area (Å²) >= 11 is 0. The van der Waals surface area contributed by atoms with Crippen LogP contribution in [0.5, 0.6) is 0 Å². The van der Waals surface area contributed by atoms with Crippen molar-refractivity contribution in [2.24, 2.45) is 5.92 Å². The Morgan fingerprint density at radius 3 is 2.50 bits per heavy atom. The van der Waals surface area contributed by atoms with Gasteiger partial charge in [0, 0.05) is 6.04 Å². The van der Waals surface area contributed by atoms with Crippen LogP contribution in [0.3, 0.4) is 0 Å². The third-order valence-electron chi connectivity index (χ3n) is 2.18. The highest BCUT2D eigenvalue weighted by Crippen LogP contribution is 2.19. The molecule has 0 amide bonds. The summed E-state index contributed by atoms with van der Waals surface area (Å²) in [5.41, 5.74) is 0. The Kier molecular flexibility index (Phi) is 2.69. The Balaban J connectivity index is 2.28. The van der Waals surface area contributed by atoms with E-state index < -0.39 is 0 Å². The summed E-state index contributed by atoms with van der Waals surface area (Å²) in [4.78, 5) is 0. The predicted octanol–water partition coefficient (Wildman–Crippen LogP) is 1.02. The van der Waals surface area contributed by atoms with E-state index in [2.05, 4.69) is 19.2 Å². The molecule has 0 aromatic heterocycles. The molecule has 1 aliphatic rings. The molecule has 2 heteroatoms. The maximum absolute atomic E-state index is 5.56. The monoisotopic (exact) mass is 143 g/mol. The molecule has 1 aliphatic heterocycles. The third kappa shape index (κ3) is 1.70. The summed E-state index contributed by atoms with van der Waals surface area (Å²) in [5, 5.41) is 3.22. The van der Waals surface area contributed by atoms with Gasteiger partial charge in [0.15, 0.2) is 0 Å². The second-order valence-corrected chi connectivity index (χ2v) is 3.34. The van der Waals surface area contributed by atoms with Crippen LogP contribution in [0, 0.1) is 5.92 Å². The predicted molar refractivity (Wildman–Crippen MR) is 42.0 cm³/mol. The summed E-state index contributed by atoms with van der Waals surface area (Å²) in [6.07, 6.45) is 1.66. The lowest BCUT2D eigenvalue weighted by Crippen LogP contribution is -2.25. The van der Waals surface area contributed by atoms with Gasteiger partial charge >= 0.3 is 0 Å². The fourth-order valence-corrected chi connectivity index (χ4v) is 1.32. The van der Waals surface area contributed by atoms with Crippen LogP contribution in [0.4, 0.5) is 0 Å². The SMILES string of the molecule is CNC1COC(C(C)C)C1. The van der Waals surface area contributed by atoms with E-state index in [1.165, 1.54) is 6.42 Å². The summed E-state index contributed by atoms with van der Waals surface area (Å²) < 4.78 is 5.56. The molecule has 1 saturated heterocycles. The van der Waals surface area contributed by atoms with Gasteiger partial charge in [0.1, 0.15) is 0 Å². The minimum atomic E-state index is 0.484. The second-order valence-electron chi connectivity index (χ2n) is 3.34. The van der Waals surface area contributed by atoms with Crippen molar-refractivity contribution in [2.75, 3.05) is 13.7 Å². The maximum atomic E-state index is 5.56. The van der Waals surface area contributed by atoms with Gasteiger partial charge in [-0.15, -0.1) is 0 Å². The largest absolute Gasteiger partial charge is 0.376 e. The molecular formula is C8H17NO. The second kappa shape index (κ2) is 3.35. The molecule has 10 heavy (non-hydrogen) atoms. The van der Waals surface area contributed by atoms with E-state index in [1.54, 1.807) is 0 Å². The van der Waals surface area contributed by atoms with E-state index in [1.807, 2.05) is 7.05 Å². The third-order valence-corrected chi connectivity index (χ3v) is 2.18. The Morgan fingerprint density at radius 1 is 1.50 bits per heavy atom. The van der Waals surface area contributed by atoms with Crippen LogP contribution in [-0.4, -0.2) is 25.8 Å². The van der Waals surface area contributed by atoms with Crippen molar-refractivity contribution in [1.29, 1.82) is 0 Å². The van der Waals surface area contributed by atoms with Gasteiger partial charge in [0.05, 0.1) is 12.7 Å². The summed E-state index contributed by atoms with van der Waals surface area (Å²) in [7, 11) is 2.00. The van der Waals surface area contributed by atoms with E-state index in [4.69, 9.17) is 4.74 Å². The first-order valence-electron chi connectivity index (χ1n) is 4.03. The van der Waals surface area contributed by atoms with Crippen LogP contribution in [0.15, 0.2) is 0 Å². The molecule has 0 saturated carbocycles. The molecule has 2 unspecified atom stereocenters. The molecule has 1 fully saturated rings. The van der Waals surface area contributed by atoms with E-state index in [0.29, 0.717) is 18.1 Å². The van der Waals surface area contributed by atoms with Crippen LogP contribution < -0.4 is 5.32 Å². The lowest BCUT2D eigenvalue weighted by atomic mass is 10.0. The van der Waals surface area contributed by atoms with Gasteiger partial charge in [-0.1, -0.05) is 13.8 Å². The van der Waals surface area contributed by atoms with Gasteiger partial charge in [-0.05, 0) is 19.4 Å². The molecule has 0 spiro atoms. The lowest BCUT2D eigenvalue weighted by Gasteiger charge is -2.12. The number of hydrogen-bond donors (Lipinski definition) is 1. The molecule has 0 aliphatic carbocycles. The molecule has 1 rings (SSSR count). The lowest BCUT2D eigenvalue weighted by molar-refractivity contribution is 0.0744. The zero-order valence-corrected chi connectivity index (χ0v) is 7.05. The van der Waals surface area contributed by atoms with Gasteiger partial charge in [0.25, 0.3) is 0 Å². The standard InChI is InChI=1S/C8H17NO/c1-6(2)8-4-7(9-3)5-10-8/h6-9H,4-5H2,1-3H3. The molecule has 60 valence electrons. The summed E-state index contributed by atoms with van der Waals surface area (Å²) in [5.74, 6) is 0.665. The smallest absolute Gasteiger partial charge is 0.0624 e. The highest BCUT2D eigenvalue weighted by atomic mass is 16.5. The van der Waals surface area contributed by atoms with Crippen LogP contribution in [0.2, 0.25) is 0 Å². The molecule has 0 radical (unpaired) electrons. The van der Waals surface area contributed by atoms with Gasteiger partial charge < -0.3 is 10.1 Å². The fourth-order valence-electron chi connectivity index (χ4n) is 1.32. The van der Waals surface area contributed by atoms with Crippen molar-refractivity contribution in [3.05, 3.63) is 0 Å². The van der Waals surface area contributed by atoms with Crippen molar-refractivity contribution in [1.82, 2.24) is 5.32 Å². The Morgan fingerprint density at radius 2 is 2.20 bits per heavy atom. The topological polar surface area (TPSA) is 21.3 Å². The molecule has 0 aromatic rings. The zero-order valence-electron chi connectivity index (χ0n) is 7.05. The number of ether oxygens (including phenoxy) is 1. The van der Waals surface area contributed by atoms with E-state index >= 15 is 0 Å². The molecule has 1 N–H and O–H groups in total. The first-order valence-corrected chi connectivity index (χ1v) is 4.03. The van der Waals surface area contributed by atoms with Crippen molar-refractivity contribution < 1.29 is 4.74 Å². The Hall–Kier alpha value is -0.0800. The highest BCUT2D eigenvalue weighted by Gasteiger charge is 2.25. The van der Waals surface area contributed by atoms with Gasteiger partial charge in [-0.25, -0.2) is 0 Å². The van der Waals surface area contributed by atoms with Crippen LogP contribution in [-0.2, 0) is 4.74 Å². The van der Waals surface area contributed by atoms with Gasteiger partial charge in [-0.2, -0.15) is 0 Å². The van der Waals surface area contributed by atoms with E-state index in [0.717, 1.165) is 6.61 Å². The summed E-state index contributed by atoms with van der Waals surface area (Å²) in [6.45, 7) is 5.31. The highest BCUT2D eigenvalue weighted by molar-refractivity contribution is 4.79. The van der Waals surface area contributed by atoms with Crippen molar-refractivity contribution >= 4 is 0 Å². The van der Waals surface area contributed by atoms with E-state index in [-0.39, 0.29) is 0 Å². The van der Waals surface area contributed by atoms with Gasteiger partial charge in [0.2, 0.25) is 0 Å². The fraction of sp³-hybridized carbons (Fsp3) is 1.00. The maximum Gasteiger partial charge on any atom is 0.0624 e. The van der Waals surface area contributed by atoms with Crippen molar-refractivity contribution in [2.45, 2.75) is 32.4 Å². The first-order chi connectivity index (χ1) is 4.74. The minimum Gasteiger partial charge on any atom is -0.376 e. The molecule has 0 aromatic carbocycles. The number of rotatable bonds is 2. The number of hydrogen-bond acceptors (Lipinski definition) is 2. The summed E-state index contributed by atoms with van der Waals surface area (Å²) in [6, 6.07) is 0.590. The normalized spacial score (nSPS) is 33.6. The van der Waals surface area contributed by atoms with Gasteiger partial charge in [-0.3, -0.25) is 0 Å². The molecular weight excluding hydrogens is 126 g/mol. The molecule has 1 heterocycles. The molecule has 0 bridgehead atoms. The number of likely N-dealkylation sites (N-methyl/N-ethyl adjacent to an activating group) is 1. The molecule has 2 atom stereocenters. The Bertz CT molecular complexity index is 103. The average molecular weight is 143 g/mol. The zero-order chi connectivity index (χ0) is 7.56. The van der Waals surface area contributed by atoms with Crippen molar-refractivity contribution in [3.63, 3.8) is 0 Å². The van der Waals surface area contributed by atoms with Crippen molar-refractivity contribution in [3.8, 4) is 0 Å². The quantitative estimate of drug-likeness (QED) is 0.623.